The zero-order valence-corrected chi connectivity index (χ0v) is 19.3. The molecule has 1 aliphatic rings. The van der Waals surface area contributed by atoms with E-state index in [1.807, 2.05) is 0 Å². The van der Waals surface area contributed by atoms with Crippen molar-refractivity contribution in [3.05, 3.63) is 87.2 Å². The predicted octanol–water partition coefficient (Wildman–Crippen LogP) is 3.74. The van der Waals surface area contributed by atoms with Crippen LogP contribution in [0.15, 0.2) is 48.5 Å². The highest BCUT2D eigenvalue weighted by Gasteiger charge is 2.32. The molecule has 9 heteroatoms. The minimum atomic E-state index is -1.17. The molecule has 0 saturated carbocycles. The quantitative estimate of drug-likeness (QED) is 0.346. The van der Waals surface area contributed by atoms with Crippen molar-refractivity contribution in [1.29, 1.82) is 0 Å². The summed E-state index contributed by atoms with van der Waals surface area (Å²) in [5, 5.41) is 7.12. The van der Waals surface area contributed by atoms with Gasteiger partial charge in [-0.05, 0) is 26.0 Å². The molecule has 0 radical (unpaired) electrons. The first-order valence-corrected chi connectivity index (χ1v) is 10.8. The average Bonchev–Trinajstić information content (AvgIpc) is 3.06. The molecule has 0 fully saturated rings. The Morgan fingerprint density at radius 2 is 1.71 bits per heavy atom. The molecule has 1 aromatic heterocycles. The number of carbonyl (C=O) groups excluding carboxylic acids is 4. The minimum absolute atomic E-state index is 0.111. The smallest absolute Gasteiger partial charge is 0.331 e. The van der Waals surface area contributed by atoms with Crippen LogP contribution in [0.1, 0.15) is 50.0 Å². The van der Waals surface area contributed by atoms with Gasteiger partial charge < -0.3 is 10.1 Å². The van der Waals surface area contributed by atoms with Gasteiger partial charge in [0.1, 0.15) is 5.15 Å². The molecular weight excluding hydrogens is 458 g/mol. The average molecular weight is 478 g/mol. The van der Waals surface area contributed by atoms with Crippen molar-refractivity contribution < 1.29 is 23.9 Å². The summed E-state index contributed by atoms with van der Waals surface area (Å²) in [6.45, 7) is 3.15. The number of nitrogens with one attached hydrogen (secondary N) is 1. The number of esters is 1. The van der Waals surface area contributed by atoms with E-state index in [0.717, 1.165) is 6.08 Å². The molecule has 1 atom stereocenters. The molecule has 0 bridgehead atoms. The normalized spacial score (nSPS) is 13.4. The van der Waals surface area contributed by atoms with Gasteiger partial charge in [0.15, 0.2) is 17.7 Å². The van der Waals surface area contributed by atoms with Gasteiger partial charge in [-0.3, -0.25) is 19.1 Å². The number of aromatic nitrogens is 2. The third kappa shape index (κ3) is 4.15. The van der Waals surface area contributed by atoms with Gasteiger partial charge in [0.2, 0.25) is 0 Å². The van der Waals surface area contributed by atoms with Gasteiger partial charge in [0, 0.05) is 35.4 Å². The van der Waals surface area contributed by atoms with Crippen molar-refractivity contribution in [3.63, 3.8) is 0 Å². The lowest BCUT2D eigenvalue weighted by molar-refractivity contribution is -0.148. The molecular formula is C25H20ClN3O5. The summed E-state index contributed by atoms with van der Waals surface area (Å²) in [5.74, 6) is -2.06. The molecule has 1 heterocycles. The maximum absolute atomic E-state index is 13.1. The summed E-state index contributed by atoms with van der Waals surface area (Å²) in [6.07, 6.45) is 1.45. The van der Waals surface area contributed by atoms with E-state index >= 15 is 0 Å². The Morgan fingerprint density at radius 1 is 1.06 bits per heavy atom. The first-order chi connectivity index (χ1) is 16.2. The van der Waals surface area contributed by atoms with E-state index < -0.39 is 18.0 Å². The Kier molecular flexibility index (Phi) is 6.17. The van der Waals surface area contributed by atoms with Gasteiger partial charge >= 0.3 is 5.97 Å². The fourth-order valence-corrected chi connectivity index (χ4v) is 3.98. The second kappa shape index (κ2) is 9.07. The highest BCUT2D eigenvalue weighted by molar-refractivity contribution is 6.31. The fraction of sp³-hybridized carbons (Fsp3) is 0.160. The van der Waals surface area contributed by atoms with Gasteiger partial charge in [-0.2, -0.15) is 5.10 Å². The number of halogens is 1. The number of ether oxygens (including phenoxy) is 1. The number of rotatable bonds is 5. The van der Waals surface area contributed by atoms with Gasteiger partial charge in [-0.15, -0.1) is 0 Å². The molecule has 2 aromatic carbocycles. The van der Waals surface area contributed by atoms with Crippen molar-refractivity contribution in [2.45, 2.75) is 20.0 Å². The number of hydrogen-bond acceptors (Lipinski definition) is 6. The van der Waals surface area contributed by atoms with Gasteiger partial charge in [-0.25, -0.2) is 4.79 Å². The molecule has 0 aliphatic heterocycles. The van der Waals surface area contributed by atoms with Crippen LogP contribution in [0.25, 0.3) is 6.08 Å². The number of anilines is 1. The summed E-state index contributed by atoms with van der Waals surface area (Å²) < 4.78 is 6.66. The Morgan fingerprint density at radius 3 is 2.35 bits per heavy atom. The van der Waals surface area contributed by atoms with E-state index in [4.69, 9.17) is 16.3 Å². The van der Waals surface area contributed by atoms with Crippen molar-refractivity contribution in [1.82, 2.24) is 9.78 Å². The maximum Gasteiger partial charge on any atom is 0.331 e. The summed E-state index contributed by atoms with van der Waals surface area (Å²) in [7, 11) is 1.68. The lowest BCUT2D eigenvalue weighted by atomic mass is 9.83. The number of benzene rings is 2. The van der Waals surface area contributed by atoms with Crippen molar-refractivity contribution >= 4 is 46.8 Å². The van der Waals surface area contributed by atoms with Crippen molar-refractivity contribution in [2.75, 3.05) is 5.32 Å². The lowest BCUT2D eigenvalue weighted by Gasteiger charge is -2.21. The van der Waals surface area contributed by atoms with Crippen LogP contribution in [0.3, 0.4) is 0 Å². The number of aryl methyl sites for hydroxylation is 2. The van der Waals surface area contributed by atoms with Gasteiger partial charge in [0.25, 0.3) is 5.91 Å². The summed E-state index contributed by atoms with van der Waals surface area (Å²) >= 11 is 6.14. The van der Waals surface area contributed by atoms with E-state index in [-0.39, 0.29) is 33.9 Å². The van der Waals surface area contributed by atoms with E-state index in [1.54, 1.807) is 50.4 Å². The molecule has 8 nitrogen and oxygen atoms in total. The minimum Gasteiger partial charge on any atom is -0.449 e. The van der Waals surface area contributed by atoms with E-state index in [2.05, 4.69) is 10.4 Å². The largest absolute Gasteiger partial charge is 0.449 e. The summed E-state index contributed by atoms with van der Waals surface area (Å²) in [4.78, 5) is 50.8. The first kappa shape index (κ1) is 23.1. The van der Waals surface area contributed by atoms with E-state index in [1.165, 1.54) is 23.7 Å². The molecule has 1 amide bonds. The van der Waals surface area contributed by atoms with E-state index in [0.29, 0.717) is 22.0 Å². The fourth-order valence-electron chi connectivity index (χ4n) is 3.74. The summed E-state index contributed by atoms with van der Waals surface area (Å²) in [6, 6.07) is 11.2. The van der Waals surface area contributed by atoms with Crippen LogP contribution >= 0.6 is 11.6 Å². The van der Waals surface area contributed by atoms with Crippen LogP contribution < -0.4 is 5.32 Å². The van der Waals surface area contributed by atoms with Crippen LogP contribution in [-0.2, 0) is 21.4 Å². The monoisotopic (exact) mass is 477 g/mol. The molecule has 0 spiro atoms. The molecule has 1 unspecified atom stereocenters. The lowest BCUT2D eigenvalue weighted by Crippen LogP contribution is -2.31. The number of ketones is 2. The first-order valence-electron chi connectivity index (χ1n) is 10.4. The highest BCUT2D eigenvalue weighted by Crippen LogP contribution is 2.32. The van der Waals surface area contributed by atoms with Crippen molar-refractivity contribution in [3.8, 4) is 0 Å². The zero-order valence-electron chi connectivity index (χ0n) is 18.6. The number of fused-ring (bicyclic) bond motifs is 2. The van der Waals surface area contributed by atoms with Crippen molar-refractivity contribution in [2.24, 2.45) is 7.05 Å². The Bertz CT molecular complexity index is 1390. The Labute approximate surface area is 200 Å². The SMILES string of the molecule is Cc1nn(C)c(Cl)c1/C=C/C(=O)OC(C)C(=O)Nc1cccc2c1C(=O)c1ccccc1C2=O. The van der Waals surface area contributed by atoms with Crippen LogP contribution in [0.4, 0.5) is 5.69 Å². The second-order valence-electron chi connectivity index (χ2n) is 7.75. The van der Waals surface area contributed by atoms with Gasteiger partial charge in [-0.1, -0.05) is 48.0 Å². The second-order valence-corrected chi connectivity index (χ2v) is 8.11. The maximum atomic E-state index is 13.1. The van der Waals surface area contributed by atoms with Crippen LogP contribution in [0, 0.1) is 6.92 Å². The molecule has 34 heavy (non-hydrogen) atoms. The molecule has 3 aromatic rings. The number of nitrogens with zero attached hydrogens (tertiary/aromatic N) is 2. The summed E-state index contributed by atoms with van der Waals surface area (Å²) in [5.41, 5.74) is 2.29. The third-order valence-corrected chi connectivity index (χ3v) is 5.90. The number of amides is 1. The molecule has 0 saturated heterocycles. The molecule has 172 valence electrons. The van der Waals surface area contributed by atoms with Crippen LogP contribution in [0.2, 0.25) is 5.15 Å². The predicted molar refractivity (Wildman–Crippen MR) is 126 cm³/mol. The van der Waals surface area contributed by atoms with E-state index in [9.17, 15) is 19.2 Å². The number of carbonyl (C=O) groups is 4. The zero-order chi connectivity index (χ0) is 24.6. The third-order valence-electron chi connectivity index (χ3n) is 5.45. The standard InChI is InChI=1S/C25H20ClN3O5/c1-13-15(24(26)29(3)28-13)11-12-20(30)34-14(2)25(33)27-19-10-6-9-18-21(19)23(32)17-8-5-4-7-16(17)22(18)31/h4-12,14H,1-3H3,(H,27,33)/b12-11+. The van der Waals surface area contributed by atoms with Crippen LogP contribution in [-0.4, -0.2) is 39.3 Å². The van der Waals surface area contributed by atoms with Crippen LogP contribution in [0.5, 0.6) is 0 Å². The molecule has 4 rings (SSSR count). The Hall–Kier alpha value is -4.04. The number of hydrogen-bond donors (Lipinski definition) is 1. The van der Waals surface area contributed by atoms with Gasteiger partial charge in [0.05, 0.1) is 16.9 Å². The molecule has 1 N–H and O–H groups in total. The Balaban J connectivity index is 1.49. The molecule has 1 aliphatic carbocycles. The topological polar surface area (TPSA) is 107 Å². The highest BCUT2D eigenvalue weighted by atomic mass is 35.5.